The standard InChI is InChI=1S/C23H26N2O3S/c1-5-6-13-25(22(26)17-9-7-16(2)8-10-17)23-24-20(15-29-23)19-14-18(27-3)11-12-21(19)28-4/h7-12,14-15H,5-6,13H2,1-4H3. The fourth-order valence-corrected chi connectivity index (χ4v) is 3.83. The summed E-state index contributed by atoms with van der Waals surface area (Å²) in [7, 11) is 3.26. The molecule has 0 aliphatic rings. The first-order chi connectivity index (χ1) is 14.1. The summed E-state index contributed by atoms with van der Waals surface area (Å²) in [6.45, 7) is 4.76. The molecular formula is C23H26N2O3S. The molecule has 0 radical (unpaired) electrons. The number of amides is 1. The third-order valence-corrected chi connectivity index (χ3v) is 5.55. The molecule has 0 saturated carbocycles. The van der Waals surface area contributed by atoms with Crippen LogP contribution in [-0.4, -0.2) is 31.7 Å². The predicted octanol–water partition coefficient (Wildman–Crippen LogP) is 5.58. The van der Waals surface area contributed by atoms with Crippen LogP contribution in [-0.2, 0) is 0 Å². The predicted molar refractivity (Wildman–Crippen MR) is 118 cm³/mol. The second-order valence-corrected chi connectivity index (χ2v) is 7.59. The molecule has 0 saturated heterocycles. The molecule has 0 fully saturated rings. The zero-order valence-electron chi connectivity index (χ0n) is 17.3. The summed E-state index contributed by atoms with van der Waals surface area (Å²) < 4.78 is 10.8. The van der Waals surface area contributed by atoms with E-state index in [1.807, 2.05) is 54.8 Å². The number of aromatic nitrogens is 1. The number of ether oxygens (including phenoxy) is 2. The number of hydrogen-bond acceptors (Lipinski definition) is 5. The van der Waals surface area contributed by atoms with E-state index in [9.17, 15) is 4.79 Å². The Morgan fingerprint density at radius 2 is 1.86 bits per heavy atom. The average Bonchev–Trinajstić information content (AvgIpc) is 3.23. The molecule has 0 aliphatic carbocycles. The molecule has 2 aromatic carbocycles. The molecule has 0 atom stereocenters. The molecule has 0 spiro atoms. The van der Waals surface area contributed by atoms with Gasteiger partial charge in [0.2, 0.25) is 0 Å². The number of nitrogens with zero attached hydrogens (tertiary/aromatic N) is 2. The largest absolute Gasteiger partial charge is 0.497 e. The van der Waals surface area contributed by atoms with Gasteiger partial charge in [0.25, 0.3) is 5.91 Å². The van der Waals surface area contributed by atoms with Gasteiger partial charge in [-0.05, 0) is 43.7 Å². The van der Waals surface area contributed by atoms with Crippen LogP contribution >= 0.6 is 11.3 Å². The van der Waals surface area contributed by atoms with E-state index in [4.69, 9.17) is 14.5 Å². The zero-order chi connectivity index (χ0) is 20.8. The maximum Gasteiger partial charge on any atom is 0.260 e. The zero-order valence-corrected chi connectivity index (χ0v) is 18.1. The molecule has 1 amide bonds. The third kappa shape index (κ3) is 4.77. The van der Waals surface area contributed by atoms with Crippen LogP contribution in [0.2, 0.25) is 0 Å². The Morgan fingerprint density at radius 1 is 1.10 bits per heavy atom. The number of methoxy groups -OCH3 is 2. The number of hydrogen-bond donors (Lipinski definition) is 0. The summed E-state index contributed by atoms with van der Waals surface area (Å²) in [4.78, 5) is 19.7. The quantitative estimate of drug-likeness (QED) is 0.486. The Balaban J connectivity index is 1.96. The SMILES string of the molecule is CCCCN(C(=O)c1ccc(C)cc1)c1nc(-c2cc(OC)ccc2OC)cs1. The van der Waals surface area contributed by atoms with Gasteiger partial charge in [0, 0.05) is 23.1 Å². The van der Waals surface area contributed by atoms with Crippen molar-refractivity contribution < 1.29 is 14.3 Å². The highest BCUT2D eigenvalue weighted by molar-refractivity contribution is 7.14. The minimum atomic E-state index is -0.0306. The smallest absolute Gasteiger partial charge is 0.260 e. The van der Waals surface area contributed by atoms with Gasteiger partial charge in [-0.2, -0.15) is 0 Å². The summed E-state index contributed by atoms with van der Waals surface area (Å²) in [5.41, 5.74) is 3.40. The lowest BCUT2D eigenvalue weighted by molar-refractivity contribution is 0.0986. The molecule has 1 heterocycles. The normalized spacial score (nSPS) is 10.6. The van der Waals surface area contributed by atoms with E-state index in [2.05, 4.69) is 6.92 Å². The molecule has 29 heavy (non-hydrogen) atoms. The molecule has 3 aromatic rings. The Labute approximate surface area is 175 Å². The van der Waals surface area contributed by atoms with E-state index >= 15 is 0 Å². The lowest BCUT2D eigenvalue weighted by atomic mass is 10.1. The minimum absolute atomic E-state index is 0.0306. The summed E-state index contributed by atoms with van der Waals surface area (Å²) in [6.07, 6.45) is 1.91. The Kier molecular flexibility index (Phi) is 6.88. The molecule has 3 rings (SSSR count). The van der Waals surface area contributed by atoms with Crippen molar-refractivity contribution in [2.45, 2.75) is 26.7 Å². The molecule has 0 bridgehead atoms. The first kappa shape index (κ1) is 20.9. The third-order valence-electron chi connectivity index (χ3n) is 4.68. The lowest BCUT2D eigenvalue weighted by Gasteiger charge is -2.20. The summed E-state index contributed by atoms with van der Waals surface area (Å²) in [5.74, 6) is 1.42. The Bertz CT molecular complexity index is 967. The number of benzene rings is 2. The van der Waals surface area contributed by atoms with E-state index in [1.165, 1.54) is 11.3 Å². The molecule has 0 N–H and O–H groups in total. The van der Waals surface area contributed by atoms with Gasteiger partial charge in [-0.1, -0.05) is 31.0 Å². The van der Waals surface area contributed by atoms with Crippen LogP contribution < -0.4 is 14.4 Å². The molecule has 152 valence electrons. The molecule has 6 heteroatoms. The number of anilines is 1. The van der Waals surface area contributed by atoms with E-state index < -0.39 is 0 Å². The molecule has 1 aromatic heterocycles. The number of rotatable bonds is 8. The van der Waals surface area contributed by atoms with E-state index in [0.29, 0.717) is 23.0 Å². The first-order valence-corrected chi connectivity index (χ1v) is 10.5. The number of unbranched alkanes of at least 4 members (excludes halogenated alkanes) is 1. The highest BCUT2D eigenvalue weighted by Crippen LogP contribution is 2.36. The molecule has 5 nitrogen and oxygen atoms in total. The first-order valence-electron chi connectivity index (χ1n) is 9.63. The number of carbonyl (C=O) groups is 1. The van der Waals surface area contributed by atoms with Crippen molar-refractivity contribution >= 4 is 22.4 Å². The van der Waals surface area contributed by atoms with Crippen molar-refractivity contribution in [3.8, 4) is 22.8 Å². The molecule has 0 unspecified atom stereocenters. The fourth-order valence-electron chi connectivity index (χ4n) is 2.98. The van der Waals surface area contributed by atoms with Crippen molar-refractivity contribution in [3.63, 3.8) is 0 Å². The van der Waals surface area contributed by atoms with E-state index in [-0.39, 0.29) is 5.91 Å². The van der Waals surface area contributed by atoms with Crippen molar-refractivity contribution in [1.82, 2.24) is 4.98 Å². The number of aryl methyl sites for hydroxylation is 1. The van der Waals surface area contributed by atoms with Gasteiger partial charge in [0.1, 0.15) is 11.5 Å². The average molecular weight is 411 g/mol. The maximum atomic E-state index is 13.2. The van der Waals surface area contributed by atoms with Crippen LogP contribution in [0.15, 0.2) is 47.8 Å². The van der Waals surface area contributed by atoms with Crippen LogP contribution in [0.4, 0.5) is 5.13 Å². The van der Waals surface area contributed by atoms with Gasteiger partial charge < -0.3 is 9.47 Å². The van der Waals surface area contributed by atoms with Crippen molar-refractivity contribution in [3.05, 3.63) is 59.0 Å². The lowest BCUT2D eigenvalue weighted by Crippen LogP contribution is -2.31. The summed E-state index contributed by atoms with van der Waals surface area (Å²) >= 11 is 1.46. The van der Waals surface area contributed by atoms with E-state index in [0.717, 1.165) is 35.4 Å². The number of thiazole rings is 1. The topological polar surface area (TPSA) is 51.7 Å². The van der Waals surface area contributed by atoms with Gasteiger partial charge in [-0.3, -0.25) is 9.69 Å². The number of carbonyl (C=O) groups excluding carboxylic acids is 1. The second-order valence-electron chi connectivity index (χ2n) is 6.76. The van der Waals surface area contributed by atoms with Gasteiger partial charge >= 0.3 is 0 Å². The van der Waals surface area contributed by atoms with Crippen molar-refractivity contribution in [2.24, 2.45) is 0 Å². The highest BCUT2D eigenvalue weighted by atomic mass is 32.1. The van der Waals surface area contributed by atoms with Crippen LogP contribution in [0.1, 0.15) is 35.7 Å². The van der Waals surface area contributed by atoms with Crippen LogP contribution in [0.5, 0.6) is 11.5 Å². The minimum Gasteiger partial charge on any atom is -0.497 e. The monoisotopic (exact) mass is 410 g/mol. The van der Waals surface area contributed by atoms with Gasteiger partial charge in [0.05, 0.1) is 19.9 Å². The summed E-state index contributed by atoms with van der Waals surface area (Å²) in [6, 6.07) is 13.3. The second kappa shape index (κ2) is 9.56. The molecule has 0 aliphatic heterocycles. The summed E-state index contributed by atoms with van der Waals surface area (Å²) in [5, 5.41) is 2.64. The van der Waals surface area contributed by atoms with Crippen LogP contribution in [0, 0.1) is 6.92 Å². The maximum absolute atomic E-state index is 13.2. The van der Waals surface area contributed by atoms with E-state index in [1.54, 1.807) is 19.1 Å². The highest BCUT2D eigenvalue weighted by Gasteiger charge is 2.21. The van der Waals surface area contributed by atoms with Gasteiger partial charge in [-0.15, -0.1) is 11.3 Å². The van der Waals surface area contributed by atoms with Crippen molar-refractivity contribution in [1.29, 1.82) is 0 Å². The van der Waals surface area contributed by atoms with Crippen molar-refractivity contribution in [2.75, 3.05) is 25.7 Å². The van der Waals surface area contributed by atoms with Gasteiger partial charge in [0.15, 0.2) is 5.13 Å². The van der Waals surface area contributed by atoms with Crippen LogP contribution in [0.25, 0.3) is 11.3 Å². The van der Waals surface area contributed by atoms with Gasteiger partial charge in [-0.25, -0.2) is 4.98 Å². The Morgan fingerprint density at radius 3 is 2.52 bits per heavy atom. The molecular weight excluding hydrogens is 384 g/mol. The fraction of sp³-hybridized carbons (Fsp3) is 0.304. The Hall–Kier alpha value is -2.86. The van der Waals surface area contributed by atoms with Crippen LogP contribution in [0.3, 0.4) is 0 Å².